The van der Waals surface area contributed by atoms with Crippen LogP contribution in [0.2, 0.25) is 0 Å². The zero-order chi connectivity index (χ0) is 12.8. The van der Waals surface area contributed by atoms with Crippen LogP contribution >= 0.6 is 0 Å². The van der Waals surface area contributed by atoms with Gasteiger partial charge >= 0.3 is 5.97 Å². The number of ether oxygens (including phenoxy) is 1. The smallest absolute Gasteiger partial charge is 0.331 e. The van der Waals surface area contributed by atoms with Gasteiger partial charge < -0.3 is 9.84 Å². The Bertz CT molecular complexity index is 467. The molecule has 0 bridgehead atoms. The molecule has 0 saturated carbocycles. The molecule has 0 radical (unpaired) electrons. The third-order valence-electron chi connectivity index (χ3n) is 2.01. The molecule has 1 aromatic rings. The van der Waals surface area contributed by atoms with Crippen molar-refractivity contribution in [1.29, 1.82) is 0 Å². The molecule has 6 nitrogen and oxygen atoms in total. The average molecular weight is 237 g/mol. The second-order valence-corrected chi connectivity index (χ2v) is 3.26. The van der Waals surface area contributed by atoms with Crippen LogP contribution in [0.3, 0.4) is 0 Å². The van der Waals surface area contributed by atoms with E-state index < -0.39 is 10.9 Å². The highest BCUT2D eigenvalue weighted by Gasteiger charge is 2.06. The lowest BCUT2D eigenvalue weighted by atomic mass is 10.3. The van der Waals surface area contributed by atoms with Gasteiger partial charge in [0, 0.05) is 11.6 Å². The molecule has 17 heavy (non-hydrogen) atoms. The molecule has 0 aromatic heterocycles. The first-order chi connectivity index (χ1) is 8.00. The first kappa shape index (κ1) is 12.7. The molecule has 6 heteroatoms. The lowest BCUT2D eigenvalue weighted by Crippen LogP contribution is -2.01. The van der Waals surface area contributed by atoms with E-state index in [2.05, 4.69) is 0 Å². The summed E-state index contributed by atoms with van der Waals surface area (Å²) in [6.07, 6.45) is 1.39. The molecule has 1 rings (SSSR count). The van der Waals surface area contributed by atoms with Crippen LogP contribution < -0.4 is 4.74 Å². The largest absolute Gasteiger partial charge is 0.489 e. The van der Waals surface area contributed by atoms with Gasteiger partial charge in [-0.3, -0.25) is 10.1 Å². The topological polar surface area (TPSA) is 89.7 Å². The number of carboxylic acid groups (broad SMARTS) is 1. The summed E-state index contributed by atoms with van der Waals surface area (Å²) in [6.45, 7) is 1.50. The van der Waals surface area contributed by atoms with Crippen LogP contribution in [0.1, 0.15) is 6.92 Å². The number of carboxylic acids is 1. The van der Waals surface area contributed by atoms with E-state index in [1.807, 2.05) is 0 Å². The van der Waals surface area contributed by atoms with Crippen molar-refractivity contribution >= 4 is 11.7 Å². The minimum absolute atomic E-state index is 0.0549. The SMILES string of the molecule is CC(=CCOc1cccc([N+](=O)[O-])c1)C(=O)O. The van der Waals surface area contributed by atoms with Crippen molar-refractivity contribution in [3.63, 3.8) is 0 Å². The molecular formula is C11H11NO5. The number of carbonyl (C=O) groups is 1. The number of hydrogen-bond acceptors (Lipinski definition) is 4. The Morgan fingerprint density at radius 3 is 2.88 bits per heavy atom. The molecule has 0 amide bonds. The summed E-state index contributed by atoms with van der Waals surface area (Å²) >= 11 is 0. The summed E-state index contributed by atoms with van der Waals surface area (Å²) in [5.41, 5.74) is 0.0943. The Labute approximate surface area is 97.3 Å². The number of nitrogens with zero attached hydrogens (tertiary/aromatic N) is 1. The van der Waals surface area contributed by atoms with Gasteiger partial charge in [0.15, 0.2) is 0 Å². The molecule has 0 atom stereocenters. The zero-order valence-corrected chi connectivity index (χ0v) is 9.12. The molecule has 0 aliphatic carbocycles. The monoisotopic (exact) mass is 237 g/mol. The van der Waals surface area contributed by atoms with Gasteiger partial charge in [-0.1, -0.05) is 6.07 Å². The van der Waals surface area contributed by atoms with Crippen LogP contribution in [0.15, 0.2) is 35.9 Å². The normalized spacial score (nSPS) is 11.0. The second-order valence-electron chi connectivity index (χ2n) is 3.26. The molecule has 0 spiro atoms. The van der Waals surface area contributed by atoms with Crippen LogP contribution in [0.5, 0.6) is 5.75 Å². The fraction of sp³-hybridized carbons (Fsp3) is 0.182. The van der Waals surface area contributed by atoms with Crippen LogP contribution in [0.4, 0.5) is 5.69 Å². The maximum absolute atomic E-state index is 10.5. The van der Waals surface area contributed by atoms with E-state index in [1.165, 1.54) is 31.2 Å². The number of aliphatic carboxylic acids is 1. The predicted molar refractivity (Wildman–Crippen MR) is 60.0 cm³/mol. The minimum Gasteiger partial charge on any atom is -0.489 e. The Morgan fingerprint density at radius 2 is 2.29 bits per heavy atom. The summed E-state index contributed by atoms with van der Waals surface area (Å²) in [5, 5.41) is 19.1. The van der Waals surface area contributed by atoms with E-state index >= 15 is 0 Å². The lowest BCUT2D eigenvalue weighted by Gasteiger charge is -2.02. The van der Waals surface area contributed by atoms with Crippen molar-refractivity contribution in [2.75, 3.05) is 6.61 Å². The van der Waals surface area contributed by atoms with Gasteiger partial charge in [-0.05, 0) is 19.1 Å². The Morgan fingerprint density at radius 1 is 1.59 bits per heavy atom. The minimum atomic E-state index is -1.02. The standard InChI is InChI=1S/C11H11NO5/c1-8(11(13)14)5-6-17-10-4-2-3-9(7-10)12(15)16/h2-5,7H,6H2,1H3,(H,13,14). The van der Waals surface area contributed by atoms with Crippen LogP contribution in [0.25, 0.3) is 0 Å². The van der Waals surface area contributed by atoms with Crippen molar-refractivity contribution in [2.45, 2.75) is 6.92 Å². The van der Waals surface area contributed by atoms with Crippen molar-refractivity contribution in [2.24, 2.45) is 0 Å². The lowest BCUT2D eigenvalue weighted by molar-refractivity contribution is -0.384. The number of nitro groups is 1. The van der Waals surface area contributed by atoms with Crippen molar-refractivity contribution < 1.29 is 19.6 Å². The number of rotatable bonds is 5. The first-order valence-electron chi connectivity index (χ1n) is 4.78. The van der Waals surface area contributed by atoms with Gasteiger partial charge in [-0.2, -0.15) is 0 Å². The van der Waals surface area contributed by atoms with Gasteiger partial charge in [0.25, 0.3) is 5.69 Å². The maximum Gasteiger partial charge on any atom is 0.331 e. The predicted octanol–water partition coefficient (Wildman–Crippen LogP) is 2.00. The number of hydrogen-bond donors (Lipinski definition) is 1. The Balaban J connectivity index is 2.64. The Kier molecular flexibility index (Phi) is 4.21. The number of non-ortho nitro benzene ring substituents is 1. The molecule has 90 valence electrons. The fourth-order valence-corrected chi connectivity index (χ4v) is 1.04. The van der Waals surface area contributed by atoms with Crippen molar-refractivity contribution in [3.05, 3.63) is 46.0 Å². The molecule has 0 unspecified atom stereocenters. The second kappa shape index (κ2) is 5.64. The molecule has 1 N–H and O–H groups in total. The summed E-state index contributed by atoms with van der Waals surface area (Å²) in [5.74, 6) is -0.693. The summed E-state index contributed by atoms with van der Waals surface area (Å²) in [6, 6.07) is 5.70. The van der Waals surface area contributed by atoms with Gasteiger partial charge in [0.1, 0.15) is 12.4 Å². The van der Waals surface area contributed by atoms with E-state index in [0.717, 1.165) is 0 Å². The molecule has 0 aliphatic rings. The molecule has 0 fully saturated rings. The summed E-state index contributed by atoms with van der Waals surface area (Å²) in [4.78, 5) is 20.4. The summed E-state index contributed by atoms with van der Waals surface area (Å²) < 4.78 is 5.17. The quantitative estimate of drug-likeness (QED) is 0.480. The van der Waals surface area contributed by atoms with Crippen molar-refractivity contribution in [3.8, 4) is 5.75 Å². The van der Waals surface area contributed by atoms with E-state index in [0.29, 0.717) is 5.75 Å². The molecular weight excluding hydrogens is 226 g/mol. The number of benzene rings is 1. The molecule has 0 aliphatic heterocycles. The third kappa shape index (κ3) is 3.94. The maximum atomic E-state index is 10.5. The van der Waals surface area contributed by atoms with Gasteiger partial charge in [0.2, 0.25) is 0 Å². The highest BCUT2D eigenvalue weighted by atomic mass is 16.6. The Hall–Kier alpha value is -2.37. The summed E-state index contributed by atoms with van der Waals surface area (Å²) in [7, 11) is 0. The first-order valence-corrected chi connectivity index (χ1v) is 4.78. The zero-order valence-electron chi connectivity index (χ0n) is 9.12. The third-order valence-corrected chi connectivity index (χ3v) is 2.01. The van der Waals surface area contributed by atoms with Crippen LogP contribution in [-0.2, 0) is 4.79 Å². The molecule has 0 heterocycles. The van der Waals surface area contributed by atoms with E-state index in [-0.39, 0.29) is 17.9 Å². The average Bonchev–Trinajstić information content (AvgIpc) is 2.29. The van der Waals surface area contributed by atoms with Crippen molar-refractivity contribution in [1.82, 2.24) is 0 Å². The molecule has 0 saturated heterocycles. The van der Waals surface area contributed by atoms with Gasteiger partial charge in [0.05, 0.1) is 11.0 Å². The van der Waals surface area contributed by atoms with Gasteiger partial charge in [-0.25, -0.2) is 4.79 Å². The van der Waals surface area contributed by atoms with E-state index in [1.54, 1.807) is 6.07 Å². The highest BCUT2D eigenvalue weighted by Crippen LogP contribution is 2.18. The number of nitro benzene ring substituents is 1. The van der Waals surface area contributed by atoms with E-state index in [9.17, 15) is 14.9 Å². The molecule has 1 aromatic carbocycles. The van der Waals surface area contributed by atoms with Crippen LogP contribution in [0, 0.1) is 10.1 Å². The fourth-order valence-electron chi connectivity index (χ4n) is 1.04. The van der Waals surface area contributed by atoms with Gasteiger partial charge in [-0.15, -0.1) is 0 Å². The van der Waals surface area contributed by atoms with Crippen LogP contribution in [-0.4, -0.2) is 22.6 Å². The van der Waals surface area contributed by atoms with E-state index in [4.69, 9.17) is 9.84 Å². The highest BCUT2D eigenvalue weighted by molar-refractivity contribution is 5.85.